The molecular formula is C25H38O6. The van der Waals surface area contributed by atoms with E-state index in [-0.39, 0.29) is 53.5 Å². The summed E-state index contributed by atoms with van der Waals surface area (Å²) in [5.74, 6) is -0.617. The Morgan fingerprint density at radius 3 is 2.52 bits per heavy atom. The molecule has 3 aliphatic rings. The SMILES string of the molecule is COC1(C(C)C)C=C2C(=O)CC3C(C)(COC(=O)CCC(=O)O)CCCC3(C)C2CC1. The van der Waals surface area contributed by atoms with Crippen LogP contribution in [-0.4, -0.2) is 42.1 Å². The third kappa shape index (κ3) is 4.33. The molecule has 31 heavy (non-hydrogen) atoms. The van der Waals surface area contributed by atoms with Gasteiger partial charge in [0.2, 0.25) is 0 Å². The van der Waals surface area contributed by atoms with Crippen LogP contribution < -0.4 is 0 Å². The van der Waals surface area contributed by atoms with Gasteiger partial charge in [-0.2, -0.15) is 0 Å². The van der Waals surface area contributed by atoms with E-state index in [4.69, 9.17) is 14.6 Å². The Balaban J connectivity index is 1.83. The molecule has 1 N–H and O–H groups in total. The number of ether oxygens (including phenoxy) is 2. The molecule has 0 radical (unpaired) electrons. The molecule has 0 aromatic heterocycles. The zero-order valence-electron chi connectivity index (χ0n) is 19.7. The first-order valence-corrected chi connectivity index (χ1v) is 11.7. The monoisotopic (exact) mass is 434 g/mol. The molecule has 0 aromatic rings. The van der Waals surface area contributed by atoms with Crippen LogP contribution in [0.2, 0.25) is 0 Å². The van der Waals surface area contributed by atoms with Crippen LogP contribution in [0.15, 0.2) is 11.6 Å². The molecule has 5 atom stereocenters. The van der Waals surface area contributed by atoms with Gasteiger partial charge >= 0.3 is 11.9 Å². The number of allylic oxidation sites excluding steroid dienone is 1. The van der Waals surface area contributed by atoms with Crippen LogP contribution in [0.1, 0.15) is 79.1 Å². The lowest BCUT2D eigenvalue weighted by molar-refractivity contribution is -0.159. The van der Waals surface area contributed by atoms with Crippen LogP contribution in [0.4, 0.5) is 0 Å². The van der Waals surface area contributed by atoms with Crippen molar-refractivity contribution in [1.82, 2.24) is 0 Å². The highest BCUT2D eigenvalue weighted by Gasteiger charge is 2.59. The van der Waals surface area contributed by atoms with Crippen molar-refractivity contribution in [3.8, 4) is 0 Å². The summed E-state index contributed by atoms with van der Waals surface area (Å²) >= 11 is 0. The number of hydrogen-bond donors (Lipinski definition) is 1. The van der Waals surface area contributed by atoms with Crippen molar-refractivity contribution >= 4 is 17.7 Å². The smallest absolute Gasteiger partial charge is 0.306 e. The standard InChI is InChI=1S/C25H38O6/c1-16(2)25(30-5)12-9-18-17(14-25)19(26)13-20-23(3,10-6-11-24(18,20)4)15-31-22(29)8-7-21(27)28/h14,16,18,20H,6-13,15H2,1-5H3,(H,27,28). The molecule has 0 spiro atoms. The van der Waals surface area contributed by atoms with Gasteiger partial charge in [0.25, 0.3) is 0 Å². The van der Waals surface area contributed by atoms with Crippen molar-refractivity contribution in [1.29, 1.82) is 0 Å². The Morgan fingerprint density at radius 2 is 1.90 bits per heavy atom. The molecule has 6 heteroatoms. The van der Waals surface area contributed by atoms with Gasteiger partial charge < -0.3 is 14.6 Å². The first kappa shape index (κ1) is 24.0. The van der Waals surface area contributed by atoms with Gasteiger partial charge in [-0.25, -0.2) is 0 Å². The van der Waals surface area contributed by atoms with E-state index >= 15 is 0 Å². The molecule has 174 valence electrons. The second-order valence-corrected chi connectivity index (χ2v) is 10.8. The van der Waals surface area contributed by atoms with E-state index in [0.29, 0.717) is 12.3 Å². The Morgan fingerprint density at radius 1 is 1.19 bits per heavy atom. The fourth-order valence-electron chi connectivity index (χ4n) is 6.69. The molecule has 0 heterocycles. The number of esters is 1. The molecule has 5 unspecified atom stereocenters. The number of hydrogen-bond acceptors (Lipinski definition) is 5. The predicted molar refractivity (Wildman–Crippen MR) is 116 cm³/mol. The Labute approximate surface area is 185 Å². The lowest BCUT2D eigenvalue weighted by Gasteiger charge is -2.59. The van der Waals surface area contributed by atoms with Crippen molar-refractivity contribution < 1.29 is 29.0 Å². The summed E-state index contributed by atoms with van der Waals surface area (Å²) in [5.41, 5.74) is 0.281. The number of carboxylic acids is 1. The molecule has 3 aliphatic carbocycles. The third-order valence-corrected chi connectivity index (χ3v) is 8.67. The minimum atomic E-state index is -1.00. The number of ketones is 1. The summed E-state index contributed by atoms with van der Waals surface area (Å²) in [6, 6.07) is 0. The number of rotatable bonds is 7. The van der Waals surface area contributed by atoms with Gasteiger partial charge in [-0.05, 0) is 60.5 Å². The molecule has 0 saturated heterocycles. The highest BCUT2D eigenvalue weighted by molar-refractivity contribution is 5.97. The third-order valence-electron chi connectivity index (χ3n) is 8.67. The van der Waals surface area contributed by atoms with Gasteiger partial charge in [0.05, 0.1) is 25.0 Å². The summed E-state index contributed by atoms with van der Waals surface area (Å²) in [7, 11) is 1.74. The maximum absolute atomic E-state index is 13.4. The van der Waals surface area contributed by atoms with E-state index in [0.717, 1.165) is 37.7 Å². The normalized spacial score (nSPS) is 37.6. The number of carboxylic acid groups (broad SMARTS) is 1. The van der Waals surface area contributed by atoms with Crippen LogP contribution in [0.25, 0.3) is 0 Å². The molecule has 3 rings (SSSR count). The molecule has 0 aromatic carbocycles. The lowest BCUT2D eigenvalue weighted by Crippen LogP contribution is -2.56. The minimum Gasteiger partial charge on any atom is -0.481 e. The van der Waals surface area contributed by atoms with E-state index in [1.807, 2.05) is 0 Å². The lowest BCUT2D eigenvalue weighted by atomic mass is 9.45. The van der Waals surface area contributed by atoms with Crippen LogP contribution in [0, 0.1) is 28.6 Å². The average molecular weight is 435 g/mol. The van der Waals surface area contributed by atoms with Crippen LogP contribution in [0.5, 0.6) is 0 Å². The Hall–Kier alpha value is -1.69. The fraction of sp³-hybridized carbons (Fsp3) is 0.800. The maximum atomic E-state index is 13.4. The van der Waals surface area contributed by atoms with E-state index in [1.165, 1.54) is 0 Å². The summed E-state index contributed by atoms with van der Waals surface area (Å²) in [6.07, 6.45) is 7.13. The molecule has 0 amide bonds. The Kier molecular flexibility index (Phi) is 6.71. The molecular weight excluding hydrogens is 396 g/mol. The second kappa shape index (κ2) is 8.68. The second-order valence-electron chi connectivity index (χ2n) is 10.8. The first-order chi connectivity index (χ1) is 14.5. The van der Waals surface area contributed by atoms with E-state index in [9.17, 15) is 14.4 Å². The number of fused-ring (bicyclic) bond motifs is 3. The Bertz CT molecular complexity index is 770. The van der Waals surface area contributed by atoms with Gasteiger partial charge in [-0.15, -0.1) is 0 Å². The first-order valence-electron chi connectivity index (χ1n) is 11.7. The highest BCUT2D eigenvalue weighted by Crippen LogP contribution is 2.63. The summed E-state index contributed by atoms with van der Waals surface area (Å²) in [4.78, 5) is 36.1. The molecule has 0 aliphatic heterocycles. The quantitative estimate of drug-likeness (QED) is 0.591. The topological polar surface area (TPSA) is 89.9 Å². The largest absolute Gasteiger partial charge is 0.481 e. The van der Waals surface area contributed by atoms with Crippen molar-refractivity contribution in [2.75, 3.05) is 13.7 Å². The van der Waals surface area contributed by atoms with Crippen molar-refractivity contribution in [2.45, 2.75) is 84.7 Å². The number of methoxy groups -OCH3 is 1. The molecule has 6 nitrogen and oxygen atoms in total. The maximum Gasteiger partial charge on any atom is 0.306 e. The van der Waals surface area contributed by atoms with Gasteiger partial charge in [-0.3, -0.25) is 14.4 Å². The van der Waals surface area contributed by atoms with Crippen LogP contribution >= 0.6 is 0 Å². The summed E-state index contributed by atoms with van der Waals surface area (Å²) < 4.78 is 11.5. The van der Waals surface area contributed by atoms with Crippen LogP contribution in [-0.2, 0) is 23.9 Å². The zero-order valence-corrected chi connectivity index (χ0v) is 19.7. The average Bonchev–Trinajstić information content (AvgIpc) is 2.72. The van der Waals surface area contributed by atoms with E-state index in [2.05, 4.69) is 33.8 Å². The predicted octanol–water partition coefficient (Wildman–Crippen LogP) is 4.56. The van der Waals surface area contributed by atoms with Crippen molar-refractivity contribution in [2.24, 2.45) is 28.6 Å². The summed E-state index contributed by atoms with van der Waals surface area (Å²) in [6.45, 7) is 9.00. The van der Waals surface area contributed by atoms with Gasteiger partial charge in [-0.1, -0.05) is 34.1 Å². The highest BCUT2D eigenvalue weighted by atomic mass is 16.5. The van der Waals surface area contributed by atoms with Gasteiger partial charge in [0.1, 0.15) is 0 Å². The van der Waals surface area contributed by atoms with Gasteiger partial charge in [0, 0.05) is 18.9 Å². The van der Waals surface area contributed by atoms with E-state index < -0.39 is 11.9 Å². The number of carbonyl (C=O) groups is 3. The molecule has 2 saturated carbocycles. The number of carbonyl (C=O) groups excluding carboxylic acids is 2. The number of aliphatic carboxylic acids is 1. The number of Topliss-reactive ketones (excluding diaryl/α,β-unsaturated/α-hetero) is 1. The van der Waals surface area contributed by atoms with Crippen molar-refractivity contribution in [3.63, 3.8) is 0 Å². The minimum absolute atomic E-state index is 0.0168. The van der Waals surface area contributed by atoms with Crippen molar-refractivity contribution in [3.05, 3.63) is 11.6 Å². The molecule has 2 fully saturated rings. The molecule has 0 bridgehead atoms. The van der Waals surface area contributed by atoms with Crippen LogP contribution in [0.3, 0.4) is 0 Å². The van der Waals surface area contributed by atoms with Gasteiger partial charge in [0.15, 0.2) is 5.78 Å². The fourth-order valence-corrected chi connectivity index (χ4v) is 6.69. The van der Waals surface area contributed by atoms with E-state index in [1.54, 1.807) is 7.11 Å². The zero-order chi connectivity index (χ0) is 23.0. The summed E-state index contributed by atoms with van der Waals surface area (Å²) in [5, 5.41) is 8.79.